The van der Waals surface area contributed by atoms with Gasteiger partial charge in [0.1, 0.15) is 23.9 Å². The van der Waals surface area contributed by atoms with Crippen molar-refractivity contribution in [2.75, 3.05) is 34.0 Å². The largest absolute Gasteiger partial charge is 0.497 e. The first kappa shape index (κ1) is 23.8. The molecule has 2 aromatic heterocycles. The molecule has 10 nitrogen and oxygen atoms in total. The van der Waals surface area contributed by atoms with E-state index in [2.05, 4.69) is 20.6 Å². The van der Waals surface area contributed by atoms with Crippen molar-refractivity contribution in [3.63, 3.8) is 0 Å². The summed E-state index contributed by atoms with van der Waals surface area (Å²) in [5, 5.41) is 15.7. The van der Waals surface area contributed by atoms with Gasteiger partial charge in [-0.2, -0.15) is 4.52 Å². The summed E-state index contributed by atoms with van der Waals surface area (Å²) in [5.74, 6) is 2.54. The second kappa shape index (κ2) is 10.7. The van der Waals surface area contributed by atoms with E-state index in [1.807, 2.05) is 44.2 Å². The zero-order valence-corrected chi connectivity index (χ0v) is 20.1. The molecule has 0 aliphatic rings. The van der Waals surface area contributed by atoms with Crippen molar-refractivity contribution in [1.29, 1.82) is 0 Å². The number of carbonyl (C=O) groups excluding carboxylic acids is 1. The summed E-state index contributed by atoms with van der Waals surface area (Å²) >= 11 is 0. The smallest absolute Gasteiger partial charge is 0.258 e. The van der Waals surface area contributed by atoms with Gasteiger partial charge in [0.25, 0.3) is 5.91 Å². The number of aryl methyl sites for hydroxylation is 2. The van der Waals surface area contributed by atoms with Crippen LogP contribution in [0.3, 0.4) is 0 Å². The minimum atomic E-state index is -0.233. The number of hydrogen-bond donors (Lipinski definition) is 1. The molecule has 10 heteroatoms. The standard InChI is InChI=1S/C25H27N5O5/c1-16-5-6-19(13-17(16)2)35-15-23(31)26-11-12-34-24-10-9-22-27-28-25(30(22)29-24)20-8-7-18(32-3)14-21(20)33-4/h5-10,13-14H,11-12,15H2,1-4H3,(H,26,31). The van der Waals surface area contributed by atoms with Gasteiger partial charge >= 0.3 is 0 Å². The molecule has 0 atom stereocenters. The van der Waals surface area contributed by atoms with Crippen molar-refractivity contribution >= 4 is 11.6 Å². The highest BCUT2D eigenvalue weighted by Gasteiger charge is 2.16. The number of nitrogens with zero attached hydrogens (tertiary/aromatic N) is 4. The average Bonchev–Trinajstić information content (AvgIpc) is 3.30. The van der Waals surface area contributed by atoms with Gasteiger partial charge in [-0.05, 0) is 55.3 Å². The Morgan fingerprint density at radius 3 is 2.51 bits per heavy atom. The molecule has 0 unspecified atom stereocenters. The van der Waals surface area contributed by atoms with Crippen LogP contribution in [0.15, 0.2) is 48.5 Å². The molecular weight excluding hydrogens is 450 g/mol. The Kier molecular flexibility index (Phi) is 7.30. The Balaban J connectivity index is 1.34. The Labute approximate surface area is 202 Å². The first-order valence-electron chi connectivity index (χ1n) is 11.0. The van der Waals surface area contributed by atoms with Crippen LogP contribution in [0.1, 0.15) is 11.1 Å². The molecule has 182 valence electrons. The number of aromatic nitrogens is 4. The number of rotatable bonds is 10. The Bertz CT molecular complexity index is 1340. The van der Waals surface area contributed by atoms with E-state index >= 15 is 0 Å². The molecule has 0 bridgehead atoms. The second-order valence-corrected chi connectivity index (χ2v) is 7.76. The number of hydrogen-bond acceptors (Lipinski definition) is 8. The summed E-state index contributed by atoms with van der Waals surface area (Å²) in [6, 6.07) is 14.6. The summed E-state index contributed by atoms with van der Waals surface area (Å²) < 4.78 is 23.6. The third kappa shape index (κ3) is 5.60. The Hall–Kier alpha value is -4.34. The van der Waals surface area contributed by atoms with Crippen LogP contribution in [0.2, 0.25) is 0 Å². The lowest BCUT2D eigenvalue weighted by atomic mass is 10.1. The number of fused-ring (bicyclic) bond motifs is 1. The predicted octanol–water partition coefficient (Wildman–Crippen LogP) is 3.00. The molecule has 0 saturated heterocycles. The maximum Gasteiger partial charge on any atom is 0.258 e. The Morgan fingerprint density at radius 1 is 0.914 bits per heavy atom. The number of methoxy groups -OCH3 is 2. The summed E-state index contributed by atoms with van der Waals surface area (Å²) in [7, 11) is 3.16. The van der Waals surface area contributed by atoms with Crippen LogP contribution in [-0.2, 0) is 4.79 Å². The van der Waals surface area contributed by atoms with Crippen molar-refractivity contribution in [1.82, 2.24) is 25.1 Å². The van der Waals surface area contributed by atoms with Crippen molar-refractivity contribution in [2.24, 2.45) is 0 Å². The molecule has 2 heterocycles. The second-order valence-electron chi connectivity index (χ2n) is 7.76. The first-order chi connectivity index (χ1) is 17.0. The van der Waals surface area contributed by atoms with Crippen LogP contribution in [0.5, 0.6) is 23.1 Å². The van der Waals surface area contributed by atoms with Crippen LogP contribution in [0.4, 0.5) is 0 Å². The minimum Gasteiger partial charge on any atom is -0.497 e. The van der Waals surface area contributed by atoms with E-state index in [-0.39, 0.29) is 19.1 Å². The molecule has 0 spiro atoms. The van der Waals surface area contributed by atoms with Gasteiger partial charge < -0.3 is 24.3 Å². The highest BCUT2D eigenvalue weighted by Crippen LogP contribution is 2.32. The van der Waals surface area contributed by atoms with Crippen molar-refractivity contribution < 1.29 is 23.7 Å². The number of nitrogens with one attached hydrogen (secondary N) is 1. The lowest BCUT2D eigenvalue weighted by Crippen LogP contribution is -2.32. The van der Waals surface area contributed by atoms with E-state index in [9.17, 15) is 4.79 Å². The molecular formula is C25H27N5O5. The van der Waals surface area contributed by atoms with E-state index < -0.39 is 0 Å². The number of carbonyl (C=O) groups is 1. The molecule has 0 radical (unpaired) electrons. The molecule has 0 aliphatic carbocycles. The fraction of sp³-hybridized carbons (Fsp3) is 0.280. The van der Waals surface area contributed by atoms with Gasteiger partial charge in [0.2, 0.25) is 5.88 Å². The van der Waals surface area contributed by atoms with Gasteiger partial charge in [-0.3, -0.25) is 4.79 Å². The maximum absolute atomic E-state index is 12.1. The SMILES string of the molecule is COc1ccc(-c2nnc3ccc(OCCNC(=O)COc4ccc(C)c(C)c4)nn23)c(OC)c1. The molecule has 1 amide bonds. The fourth-order valence-electron chi connectivity index (χ4n) is 3.35. The summed E-state index contributed by atoms with van der Waals surface area (Å²) in [6.07, 6.45) is 0. The van der Waals surface area contributed by atoms with E-state index in [4.69, 9.17) is 18.9 Å². The third-order valence-corrected chi connectivity index (χ3v) is 5.41. The fourth-order valence-corrected chi connectivity index (χ4v) is 3.35. The first-order valence-corrected chi connectivity index (χ1v) is 11.0. The van der Waals surface area contributed by atoms with Crippen LogP contribution in [0.25, 0.3) is 17.0 Å². The van der Waals surface area contributed by atoms with Crippen molar-refractivity contribution in [3.8, 4) is 34.5 Å². The van der Waals surface area contributed by atoms with Gasteiger partial charge in [0.15, 0.2) is 18.1 Å². The van der Waals surface area contributed by atoms with E-state index in [0.717, 1.165) is 5.56 Å². The van der Waals surface area contributed by atoms with Crippen LogP contribution >= 0.6 is 0 Å². The van der Waals surface area contributed by atoms with Gasteiger partial charge in [0.05, 0.1) is 26.3 Å². The quantitative estimate of drug-likeness (QED) is 0.347. The maximum atomic E-state index is 12.1. The van der Waals surface area contributed by atoms with E-state index in [1.165, 1.54) is 5.56 Å². The number of amides is 1. The zero-order valence-electron chi connectivity index (χ0n) is 20.1. The number of ether oxygens (including phenoxy) is 4. The average molecular weight is 478 g/mol. The van der Waals surface area contributed by atoms with Crippen molar-refractivity contribution in [2.45, 2.75) is 13.8 Å². The molecule has 35 heavy (non-hydrogen) atoms. The molecule has 1 N–H and O–H groups in total. The summed E-state index contributed by atoms with van der Waals surface area (Å²) in [6.45, 7) is 4.49. The van der Waals surface area contributed by atoms with Gasteiger partial charge in [-0.1, -0.05) is 6.07 Å². The van der Waals surface area contributed by atoms with E-state index in [0.29, 0.717) is 46.7 Å². The lowest BCUT2D eigenvalue weighted by molar-refractivity contribution is -0.123. The van der Waals surface area contributed by atoms with Crippen LogP contribution < -0.4 is 24.3 Å². The van der Waals surface area contributed by atoms with Crippen molar-refractivity contribution in [3.05, 3.63) is 59.7 Å². The van der Waals surface area contributed by atoms with Gasteiger partial charge in [-0.25, -0.2) is 0 Å². The molecule has 4 rings (SSSR count). The molecule has 0 fully saturated rings. The summed E-state index contributed by atoms with van der Waals surface area (Å²) in [5.41, 5.74) is 3.55. The van der Waals surface area contributed by atoms with E-state index in [1.54, 1.807) is 36.9 Å². The number of benzene rings is 2. The minimum absolute atomic E-state index is 0.0690. The zero-order chi connectivity index (χ0) is 24.8. The molecule has 0 aliphatic heterocycles. The van der Waals surface area contributed by atoms with Gasteiger partial charge in [-0.15, -0.1) is 15.3 Å². The molecule has 4 aromatic rings. The monoisotopic (exact) mass is 477 g/mol. The Morgan fingerprint density at radius 2 is 1.74 bits per heavy atom. The molecule has 0 saturated carbocycles. The lowest BCUT2D eigenvalue weighted by Gasteiger charge is -2.10. The highest BCUT2D eigenvalue weighted by molar-refractivity contribution is 5.77. The predicted molar refractivity (Wildman–Crippen MR) is 129 cm³/mol. The molecule has 2 aromatic carbocycles. The normalized spacial score (nSPS) is 10.7. The third-order valence-electron chi connectivity index (χ3n) is 5.41. The van der Waals surface area contributed by atoms with Gasteiger partial charge in [0, 0.05) is 12.1 Å². The topological polar surface area (TPSA) is 109 Å². The van der Waals surface area contributed by atoms with Crippen LogP contribution in [-0.4, -0.2) is 59.7 Å². The summed E-state index contributed by atoms with van der Waals surface area (Å²) in [4.78, 5) is 12.1. The highest BCUT2D eigenvalue weighted by atomic mass is 16.5. The van der Waals surface area contributed by atoms with Crippen LogP contribution in [0, 0.1) is 13.8 Å².